The zero-order chi connectivity index (χ0) is 19.0. The van der Waals surface area contributed by atoms with Gasteiger partial charge in [-0.1, -0.05) is 13.8 Å². The van der Waals surface area contributed by atoms with E-state index >= 15 is 0 Å². The highest BCUT2D eigenvalue weighted by Gasteiger charge is 2.42. The molecule has 25 heavy (non-hydrogen) atoms. The third-order valence-corrected chi connectivity index (χ3v) is 4.47. The molecule has 0 aromatic heterocycles. The van der Waals surface area contributed by atoms with E-state index in [0.29, 0.717) is 19.4 Å². The first-order chi connectivity index (χ1) is 11.7. The molecule has 0 saturated carbocycles. The van der Waals surface area contributed by atoms with Crippen molar-refractivity contribution in [1.29, 1.82) is 0 Å². The lowest BCUT2D eigenvalue weighted by Gasteiger charge is -2.44. The van der Waals surface area contributed by atoms with Gasteiger partial charge < -0.3 is 24.6 Å². The van der Waals surface area contributed by atoms with Crippen LogP contribution >= 0.6 is 0 Å². The van der Waals surface area contributed by atoms with Gasteiger partial charge in [-0.2, -0.15) is 0 Å². The Labute approximate surface area is 148 Å². The summed E-state index contributed by atoms with van der Waals surface area (Å²) in [6.07, 6.45) is 0.188. The van der Waals surface area contributed by atoms with Crippen molar-refractivity contribution >= 4 is 17.8 Å². The van der Waals surface area contributed by atoms with Crippen molar-refractivity contribution in [3.63, 3.8) is 0 Å². The van der Waals surface area contributed by atoms with E-state index in [9.17, 15) is 14.4 Å². The van der Waals surface area contributed by atoms with Gasteiger partial charge in [-0.05, 0) is 24.7 Å². The number of unbranched alkanes of at least 4 members (excludes halogenated alkanes) is 1. The van der Waals surface area contributed by atoms with Gasteiger partial charge >= 0.3 is 11.9 Å². The van der Waals surface area contributed by atoms with Gasteiger partial charge in [0, 0.05) is 26.9 Å². The predicted molar refractivity (Wildman–Crippen MR) is 88.7 cm³/mol. The van der Waals surface area contributed by atoms with Gasteiger partial charge in [0.1, 0.15) is 6.61 Å². The molecule has 0 bridgehead atoms. The summed E-state index contributed by atoms with van der Waals surface area (Å²) in [5.41, 5.74) is 0. The maximum absolute atomic E-state index is 11.5. The van der Waals surface area contributed by atoms with Gasteiger partial charge in [0.05, 0.1) is 12.1 Å². The number of hydrogen-bond donors (Lipinski definition) is 2. The minimum absolute atomic E-state index is 0.0576. The fourth-order valence-electron chi connectivity index (χ4n) is 2.84. The maximum atomic E-state index is 11.5. The Morgan fingerprint density at radius 2 is 1.80 bits per heavy atom. The number of nitrogens with one attached hydrogen (secondary N) is 1. The van der Waals surface area contributed by atoms with Crippen molar-refractivity contribution in [3.05, 3.63) is 0 Å². The van der Waals surface area contributed by atoms with Gasteiger partial charge in [-0.15, -0.1) is 0 Å². The van der Waals surface area contributed by atoms with Crippen LogP contribution in [0.1, 0.15) is 47.0 Å². The van der Waals surface area contributed by atoms with E-state index in [2.05, 4.69) is 5.32 Å². The SMILES string of the molecule is CC(=O)NC1C(OCCCCC(=O)O)OC(COC(C)=O)C(C)C1C. The number of hydrogen-bond acceptors (Lipinski definition) is 6. The molecule has 0 spiro atoms. The van der Waals surface area contributed by atoms with E-state index in [4.69, 9.17) is 19.3 Å². The van der Waals surface area contributed by atoms with Gasteiger partial charge in [-0.25, -0.2) is 0 Å². The molecule has 5 atom stereocenters. The number of rotatable bonds is 9. The molecule has 0 radical (unpaired) electrons. The van der Waals surface area contributed by atoms with Gasteiger partial charge in [0.2, 0.25) is 5.91 Å². The molecular weight excluding hydrogens is 330 g/mol. The van der Waals surface area contributed by atoms with Gasteiger partial charge in [0.25, 0.3) is 0 Å². The first-order valence-electron chi connectivity index (χ1n) is 8.61. The standard InChI is InChI=1S/C17H29NO7/c1-10-11(2)16(18-12(3)19)17(23-8-6-5-7-15(21)22)25-14(10)9-24-13(4)20/h10-11,14,16-17H,5-9H2,1-4H3,(H,18,19)(H,21,22). The van der Waals surface area contributed by atoms with Crippen LogP contribution in [0, 0.1) is 11.8 Å². The number of esters is 1. The molecule has 1 heterocycles. The Kier molecular flexibility index (Phi) is 8.85. The smallest absolute Gasteiger partial charge is 0.303 e. The topological polar surface area (TPSA) is 111 Å². The largest absolute Gasteiger partial charge is 0.481 e. The van der Waals surface area contributed by atoms with Crippen LogP contribution in [0.5, 0.6) is 0 Å². The molecular formula is C17H29NO7. The average molecular weight is 359 g/mol. The first kappa shape index (κ1) is 21.4. The van der Waals surface area contributed by atoms with Crippen molar-refractivity contribution in [2.75, 3.05) is 13.2 Å². The quantitative estimate of drug-likeness (QED) is 0.472. The van der Waals surface area contributed by atoms with Crippen LogP contribution in [0.4, 0.5) is 0 Å². The minimum Gasteiger partial charge on any atom is -0.481 e. The third kappa shape index (κ3) is 7.39. The van der Waals surface area contributed by atoms with Gasteiger partial charge in [-0.3, -0.25) is 14.4 Å². The summed E-state index contributed by atoms with van der Waals surface area (Å²) in [5, 5.41) is 11.5. The molecule has 1 saturated heterocycles. The van der Waals surface area contributed by atoms with Crippen LogP contribution in [0.3, 0.4) is 0 Å². The van der Waals surface area contributed by atoms with Crippen molar-refractivity contribution in [3.8, 4) is 0 Å². The van der Waals surface area contributed by atoms with E-state index in [1.807, 2.05) is 13.8 Å². The Bertz CT molecular complexity index is 466. The van der Waals surface area contributed by atoms with Crippen LogP contribution < -0.4 is 5.32 Å². The molecule has 8 heteroatoms. The van der Waals surface area contributed by atoms with Crippen LogP contribution in [-0.4, -0.2) is 54.6 Å². The molecule has 2 N–H and O–H groups in total. The lowest BCUT2D eigenvalue weighted by Crippen LogP contribution is -2.58. The molecule has 0 aliphatic carbocycles. The second-order valence-corrected chi connectivity index (χ2v) is 6.51. The molecule has 1 rings (SSSR count). The average Bonchev–Trinajstić information content (AvgIpc) is 2.51. The lowest BCUT2D eigenvalue weighted by molar-refractivity contribution is -0.244. The fourth-order valence-corrected chi connectivity index (χ4v) is 2.84. The molecule has 0 aromatic carbocycles. The number of carboxylic acid groups (broad SMARTS) is 1. The van der Waals surface area contributed by atoms with Crippen LogP contribution in [-0.2, 0) is 28.6 Å². The highest BCUT2D eigenvalue weighted by molar-refractivity contribution is 5.73. The number of aliphatic carboxylic acids is 1. The lowest BCUT2D eigenvalue weighted by atomic mass is 9.82. The molecule has 1 amide bonds. The Morgan fingerprint density at radius 3 is 2.36 bits per heavy atom. The molecule has 8 nitrogen and oxygen atoms in total. The summed E-state index contributed by atoms with van der Waals surface area (Å²) in [5.74, 6) is -1.27. The van der Waals surface area contributed by atoms with Crippen molar-refractivity contribution < 1.29 is 33.7 Å². The first-order valence-corrected chi connectivity index (χ1v) is 8.61. The summed E-state index contributed by atoms with van der Waals surface area (Å²) >= 11 is 0. The highest BCUT2D eigenvalue weighted by atomic mass is 16.7. The van der Waals surface area contributed by atoms with Crippen molar-refractivity contribution in [2.45, 2.75) is 65.4 Å². The monoisotopic (exact) mass is 359 g/mol. The van der Waals surface area contributed by atoms with E-state index in [-0.39, 0.29) is 48.9 Å². The molecule has 5 unspecified atom stereocenters. The van der Waals surface area contributed by atoms with Crippen molar-refractivity contribution in [1.82, 2.24) is 5.32 Å². The van der Waals surface area contributed by atoms with E-state index in [1.165, 1.54) is 13.8 Å². The summed E-state index contributed by atoms with van der Waals surface area (Å²) in [7, 11) is 0. The maximum Gasteiger partial charge on any atom is 0.303 e. The molecule has 0 aromatic rings. The normalized spacial score (nSPS) is 29.0. The van der Waals surface area contributed by atoms with Crippen LogP contribution in [0.25, 0.3) is 0 Å². The zero-order valence-electron chi connectivity index (χ0n) is 15.3. The second-order valence-electron chi connectivity index (χ2n) is 6.51. The summed E-state index contributed by atoms with van der Waals surface area (Å²) in [6.45, 7) is 7.22. The molecule has 144 valence electrons. The van der Waals surface area contributed by atoms with E-state index < -0.39 is 12.3 Å². The van der Waals surface area contributed by atoms with E-state index in [1.54, 1.807) is 0 Å². The van der Waals surface area contributed by atoms with E-state index in [0.717, 1.165) is 0 Å². The summed E-state index contributed by atoms with van der Waals surface area (Å²) < 4.78 is 16.8. The summed E-state index contributed by atoms with van der Waals surface area (Å²) in [4.78, 5) is 33.1. The minimum atomic E-state index is -0.839. The van der Waals surface area contributed by atoms with Gasteiger partial charge in [0.15, 0.2) is 6.29 Å². The second kappa shape index (κ2) is 10.4. The van der Waals surface area contributed by atoms with Crippen LogP contribution in [0.2, 0.25) is 0 Å². The number of ether oxygens (including phenoxy) is 3. The predicted octanol–water partition coefficient (Wildman–Crippen LogP) is 1.32. The molecule has 1 aliphatic rings. The fraction of sp³-hybridized carbons (Fsp3) is 0.824. The number of carbonyl (C=O) groups excluding carboxylic acids is 2. The molecule has 1 aliphatic heterocycles. The number of carbonyl (C=O) groups is 3. The molecule has 1 fully saturated rings. The van der Waals surface area contributed by atoms with Crippen LogP contribution in [0.15, 0.2) is 0 Å². The Hall–Kier alpha value is -1.67. The number of carboxylic acids is 1. The third-order valence-electron chi connectivity index (χ3n) is 4.47. The summed E-state index contributed by atoms with van der Waals surface area (Å²) in [6, 6.07) is -0.319. The Morgan fingerprint density at radius 1 is 1.12 bits per heavy atom. The van der Waals surface area contributed by atoms with Crippen molar-refractivity contribution in [2.24, 2.45) is 11.8 Å². The Balaban J connectivity index is 2.66. The number of amides is 1. The zero-order valence-corrected chi connectivity index (χ0v) is 15.3. The highest BCUT2D eigenvalue weighted by Crippen LogP contribution is 2.31.